The van der Waals surface area contributed by atoms with Gasteiger partial charge in [-0.15, -0.1) is 9.42 Å². The first kappa shape index (κ1) is 30.8. The minimum atomic E-state index is -2.95. The fourth-order valence-electron chi connectivity index (χ4n) is 4.62. The SMILES string of the molecule is CCCCCCCCCCCCCCCCOC1[C@@H](O[P+](=O)O)[C@@H](CO)O[C@H]1n1ccc(N)nc1=O. The Morgan fingerprint density at radius 3 is 2.06 bits per heavy atom. The van der Waals surface area contributed by atoms with Gasteiger partial charge in [0.15, 0.2) is 12.3 Å². The Balaban J connectivity index is 1.70. The summed E-state index contributed by atoms with van der Waals surface area (Å²) in [6, 6.07) is 1.45. The van der Waals surface area contributed by atoms with Crippen molar-refractivity contribution in [2.45, 2.75) is 121 Å². The lowest BCUT2D eigenvalue weighted by atomic mass is 10.0. The molecular formula is C25H45N3O7P+. The topological polar surface area (TPSA) is 146 Å². The van der Waals surface area contributed by atoms with Crippen LogP contribution in [0.25, 0.3) is 0 Å². The summed E-state index contributed by atoms with van der Waals surface area (Å²) in [5.41, 5.74) is 4.93. The number of nitrogens with zero attached hydrogens (tertiary/aromatic N) is 2. The Labute approximate surface area is 215 Å². The molecule has 2 unspecified atom stereocenters. The summed E-state index contributed by atoms with van der Waals surface area (Å²) in [5.74, 6) is 0.0686. The highest BCUT2D eigenvalue weighted by molar-refractivity contribution is 7.32. The predicted molar refractivity (Wildman–Crippen MR) is 139 cm³/mol. The molecule has 1 aliphatic rings. The van der Waals surface area contributed by atoms with Gasteiger partial charge in [0.05, 0.1) is 6.61 Å². The van der Waals surface area contributed by atoms with Crippen molar-refractivity contribution in [3.63, 3.8) is 0 Å². The van der Waals surface area contributed by atoms with E-state index in [9.17, 15) is 19.4 Å². The largest absolute Gasteiger partial charge is 0.695 e. The first-order valence-electron chi connectivity index (χ1n) is 13.5. The summed E-state index contributed by atoms with van der Waals surface area (Å²) in [6.07, 6.45) is 15.1. The summed E-state index contributed by atoms with van der Waals surface area (Å²) < 4.78 is 29.4. The van der Waals surface area contributed by atoms with E-state index in [1.807, 2.05) is 0 Å². The molecule has 0 radical (unpaired) electrons. The molecule has 5 atom stereocenters. The number of nitrogens with two attached hydrogens (primary N) is 1. The van der Waals surface area contributed by atoms with E-state index in [0.29, 0.717) is 6.61 Å². The van der Waals surface area contributed by atoms with E-state index in [-0.39, 0.29) is 5.82 Å². The van der Waals surface area contributed by atoms with Gasteiger partial charge in [0, 0.05) is 17.4 Å². The van der Waals surface area contributed by atoms with Crippen LogP contribution in [0.1, 0.15) is 103 Å². The normalized spacial score (nSPS) is 22.2. The summed E-state index contributed by atoms with van der Waals surface area (Å²) in [7, 11) is -2.95. The fraction of sp³-hybridized carbons (Fsp3) is 0.840. The highest BCUT2D eigenvalue weighted by atomic mass is 31.1. The van der Waals surface area contributed by atoms with Crippen molar-refractivity contribution in [3.05, 3.63) is 22.7 Å². The number of rotatable bonds is 20. The van der Waals surface area contributed by atoms with Crippen LogP contribution in [-0.4, -0.2) is 51.1 Å². The second-order valence-electron chi connectivity index (χ2n) is 9.53. The number of unbranched alkanes of at least 4 members (excludes halogenated alkanes) is 13. The van der Waals surface area contributed by atoms with Gasteiger partial charge < -0.3 is 20.3 Å². The average molecular weight is 531 g/mol. The highest BCUT2D eigenvalue weighted by Gasteiger charge is 2.51. The third kappa shape index (κ3) is 10.9. The van der Waals surface area contributed by atoms with E-state index in [0.717, 1.165) is 19.3 Å². The molecule has 2 rings (SSSR count). The zero-order chi connectivity index (χ0) is 26.2. The molecule has 0 amide bonds. The van der Waals surface area contributed by atoms with Crippen LogP contribution in [0.5, 0.6) is 0 Å². The van der Waals surface area contributed by atoms with Gasteiger partial charge in [0.2, 0.25) is 0 Å². The van der Waals surface area contributed by atoms with Crippen LogP contribution in [0, 0.1) is 0 Å². The second-order valence-corrected chi connectivity index (χ2v) is 10.2. The molecule has 206 valence electrons. The molecule has 1 aromatic heterocycles. The van der Waals surface area contributed by atoms with Crippen LogP contribution in [0.2, 0.25) is 0 Å². The number of aliphatic hydroxyl groups excluding tert-OH is 1. The quantitative estimate of drug-likeness (QED) is 0.162. The van der Waals surface area contributed by atoms with E-state index in [2.05, 4.69) is 11.9 Å². The van der Waals surface area contributed by atoms with Crippen molar-refractivity contribution in [1.29, 1.82) is 0 Å². The lowest BCUT2D eigenvalue weighted by molar-refractivity contribution is -0.0743. The Bertz CT molecular complexity index is 810. The first-order valence-corrected chi connectivity index (χ1v) is 14.7. The Morgan fingerprint density at radius 2 is 1.56 bits per heavy atom. The molecule has 1 saturated heterocycles. The minimum absolute atomic E-state index is 0.0686. The lowest BCUT2D eigenvalue weighted by Gasteiger charge is -2.22. The number of anilines is 1. The number of aromatic nitrogens is 2. The molecule has 10 nitrogen and oxygen atoms in total. The van der Waals surface area contributed by atoms with Crippen molar-refractivity contribution < 1.29 is 28.6 Å². The standard InChI is InChI=1S/C25H44N3O7P/c1-2-3-4-5-6-7-8-9-10-11-12-13-14-15-18-33-23-22(35-36(31)32)20(19-29)34-24(23)28-17-16-21(26)27-25(28)30/h16-17,20,22-24,29H,2-15,18-19H2,1H3,(H2-,26,27,30,31,32)/p+1/t20-,22+,23?,24-/m1/s1. The van der Waals surface area contributed by atoms with Crippen LogP contribution in [0.3, 0.4) is 0 Å². The van der Waals surface area contributed by atoms with Crippen molar-refractivity contribution in [1.82, 2.24) is 9.55 Å². The van der Waals surface area contributed by atoms with Gasteiger partial charge in [-0.2, -0.15) is 4.98 Å². The second kappa shape index (κ2) is 17.9. The Morgan fingerprint density at radius 1 is 1.00 bits per heavy atom. The van der Waals surface area contributed by atoms with E-state index in [1.54, 1.807) is 0 Å². The van der Waals surface area contributed by atoms with Gasteiger partial charge in [-0.1, -0.05) is 90.4 Å². The van der Waals surface area contributed by atoms with Crippen LogP contribution >= 0.6 is 8.25 Å². The molecule has 0 bridgehead atoms. The average Bonchev–Trinajstić information content (AvgIpc) is 3.17. The molecule has 0 saturated carbocycles. The molecule has 0 spiro atoms. The van der Waals surface area contributed by atoms with Crippen LogP contribution in [-0.2, 0) is 18.6 Å². The summed E-state index contributed by atoms with van der Waals surface area (Å²) in [4.78, 5) is 25.3. The van der Waals surface area contributed by atoms with E-state index in [1.165, 1.54) is 87.5 Å². The zero-order valence-electron chi connectivity index (χ0n) is 21.6. The maximum Gasteiger partial charge on any atom is 0.695 e. The zero-order valence-corrected chi connectivity index (χ0v) is 22.5. The Kier molecular flexibility index (Phi) is 15.3. The van der Waals surface area contributed by atoms with Crippen LogP contribution in [0.15, 0.2) is 17.1 Å². The molecule has 36 heavy (non-hydrogen) atoms. The minimum Gasteiger partial charge on any atom is -0.394 e. The number of ether oxygens (including phenoxy) is 2. The molecule has 1 fully saturated rings. The maximum atomic E-state index is 12.3. The molecule has 4 N–H and O–H groups in total. The van der Waals surface area contributed by atoms with Gasteiger partial charge in [-0.25, -0.2) is 4.79 Å². The van der Waals surface area contributed by atoms with Crippen molar-refractivity contribution >= 4 is 14.1 Å². The molecule has 1 aromatic rings. The predicted octanol–water partition coefficient (Wildman–Crippen LogP) is 4.62. The first-order chi connectivity index (χ1) is 17.5. The number of hydrogen-bond acceptors (Lipinski definition) is 8. The molecule has 1 aliphatic heterocycles. The molecule has 11 heteroatoms. The monoisotopic (exact) mass is 530 g/mol. The van der Waals surface area contributed by atoms with E-state index < -0.39 is 45.1 Å². The van der Waals surface area contributed by atoms with Crippen LogP contribution < -0.4 is 11.4 Å². The Hall–Kier alpha value is -1.42. The number of nitrogen functional groups attached to an aromatic ring is 1. The van der Waals surface area contributed by atoms with Crippen molar-refractivity contribution in [2.24, 2.45) is 0 Å². The summed E-state index contributed by atoms with van der Waals surface area (Å²) in [5, 5.41) is 9.69. The summed E-state index contributed by atoms with van der Waals surface area (Å²) in [6.45, 7) is 2.17. The van der Waals surface area contributed by atoms with Gasteiger partial charge in [0.25, 0.3) is 0 Å². The highest BCUT2D eigenvalue weighted by Crippen LogP contribution is 2.37. The third-order valence-corrected chi connectivity index (χ3v) is 7.03. The van der Waals surface area contributed by atoms with E-state index >= 15 is 0 Å². The fourth-order valence-corrected chi connectivity index (χ4v) is 5.09. The molecule has 2 heterocycles. The van der Waals surface area contributed by atoms with Gasteiger partial charge >= 0.3 is 13.9 Å². The van der Waals surface area contributed by atoms with Crippen molar-refractivity contribution in [2.75, 3.05) is 18.9 Å². The van der Waals surface area contributed by atoms with Crippen molar-refractivity contribution in [3.8, 4) is 0 Å². The molecular weight excluding hydrogens is 485 g/mol. The van der Waals surface area contributed by atoms with Gasteiger partial charge in [0.1, 0.15) is 18.0 Å². The maximum absolute atomic E-state index is 12.3. The molecule has 0 aromatic carbocycles. The summed E-state index contributed by atoms with van der Waals surface area (Å²) >= 11 is 0. The number of aliphatic hydroxyl groups is 1. The third-order valence-electron chi connectivity index (χ3n) is 6.61. The van der Waals surface area contributed by atoms with Gasteiger partial charge in [-0.3, -0.25) is 4.57 Å². The molecule has 0 aliphatic carbocycles. The van der Waals surface area contributed by atoms with E-state index in [4.69, 9.17) is 19.7 Å². The smallest absolute Gasteiger partial charge is 0.394 e. The lowest BCUT2D eigenvalue weighted by Crippen LogP contribution is -2.39. The number of hydrogen-bond donors (Lipinski definition) is 3. The van der Waals surface area contributed by atoms with Crippen LogP contribution in [0.4, 0.5) is 5.82 Å². The van der Waals surface area contributed by atoms with Gasteiger partial charge in [-0.05, 0) is 12.5 Å².